The van der Waals surface area contributed by atoms with Crippen LogP contribution < -0.4 is 5.32 Å². The van der Waals surface area contributed by atoms with Gasteiger partial charge in [-0.25, -0.2) is 0 Å². The zero-order chi connectivity index (χ0) is 13.4. The number of nitrogens with one attached hydrogen (secondary N) is 1. The zero-order valence-corrected chi connectivity index (χ0v) is 11.8. The molecule has 1 aromatic rings. The summed E-state index contributed by atoms with van der Waals surface area (Å²) in [5.74, 6) is 0. The van der Waals surface area contributed by atoms with Gasteiger partial charge in [-0.15, -0.1) is 0 Å². The molecule has 1 N–H and O–H groups in total. The van der Waals surface area contributed by atoms with E-state index in [2.05, 4.69) is 24.1 Å². The highest BCUT2D eigenvalue weighted by atomic mass is 16.5. The fraction of sp³-hybridized carbons (Fsp3) is 0.643. The molecule has 1 unspecified atom stereocenters. The van der Waals surface area contributed by atoms with Gasteiger partial charge in [0.15, 0.2) is 0 Å². The Kier molecular flexibility index (Phi) is 6.86. The average molecular weight is 252 g/mol. The van der Waals surface area contributed by atoms with Gasteiger partial charge >= 0.3 is 0 Å². The maximum Gasteiger partial charge on any atom is 0.0892 e. The molecule has 0 aliphatic heterocycles. The Labute approximate surface area is 110 Å². The second-order valence-electron chi connectivity index (χ2n) is 4.73. The van der Waals surface area contributed by atoms with Gasteiger partial charge in [-0.2, -0.15) is 0 Å². The molecular weight excluding hydrogens is 228 g/mol. The minimum Gasteiger partial charge on any atom is -0.382 e. The van der Waals surface area contributed by atoms with Gasteiger partial charge in [-0.1, -0.05) is 19.9 Å². The lowest BCUT2D eigenvalue weighted by Gasteiger charge is -2.12. The summed E-state index contributed by atoms with van der Waals surface area (Å²) in [6.45, 7) is 8.17. The van der Waals surface area contributed by atoms with Gasteiger partial charge in [0.1, 0.15) is 0 Å². The molecule has 1 rings (SSSR count). The molecule has 0 saturated carbocycles. The summed E-state index contributed by atoms with van der Waals surface area (Å²) in [5.41, 5.74) is 2.00. The van der Waals surface area contributed by atoms with Gasteiger partial charge in [0.2, 0.25) is 0 Å². The lowest BCUT2D eigenvalue weighted by Crippen LogP contribution is -2.22. The normalized spacial score (nSPS) is 12.9. The number of methoxy groups -OCH3 is 1. The van der Waals surface area contributed by atoms with E-state index in [1.165, 1.54) is 0 Å². The minimum atomic E-state index is 0.0919. The van der Waals surface area contributed by atoms with Crippen molar-refractivity contribution in [1.29, 1.82) is 0 Å². The van der Waals surface area contributed by atoms with Gasteiger partial charge in [0.25, 0.3) is 0 Å². The summed E-state index contributed by atoms with van der Waals surface area (Å²) in [5, 5.41) is 3.35. The SMILES string of the molecule is COCC(C)OCc1cccc(CNC(C)C)n1. The van der Waals surface area contributed by atoms with Crippen LogP contribution in [0.25, 0.3) is 0 Å². The third-order valence-corrected chi connectivity index (χ3v) is 2.47. The smallest absolute Gasteiger partial charge is 0.0892 e. The van der Waals surface area contributed by atoms with Crippen LogP contribution in [-0.2, 0) is 22.6 Å². The number of hydrogen-bond acceptors (Lipinski definition) is 4. The Morgan fingerprint density at radius 3 is 2.61 bits per heavy atom. The summed E-state index contributed by atoms with van der Waals surface area (Å²) >= 11 is 0. The molecule has 4 heteroatoms. The van der Waals surface area contributed by atoms with E-state index in [-0.39, 0.29) is 6.10 Å². The third kappa shape index (κ3) is 6.10. The molecule has 0 bridgehead atoms. The standard InChI is InChI=1S/C14H24N2O2/c1-11(2)15-8-13-6-5-7-14(16-13)10-18-12(3)9-17-4/h5-7,11-12,15H,8-10H2,1-4H3. The predicted molar refractivity (Wildman–Crippen MR) is 72.3 cm³/mol. The lowest BCUT2D eigenvalue weighted by molar-refractivity contribution is -0.00142. The van der Waals surface area contributed by atoms with Crippen LogP contribution in [0.15, 0.2) is 18.2 Å². The van der Waals surface area contributed by atoms with Gasteiger partial charge in [-0.3, -0.25) is 4.98 Å². The molecule has 0 radical (unpaired) electrons. The van der Waals surface area contributed by atoms with E-state index >= 15 is 0 Å². The first kappa shape index (κ1) is 15.1. The third-order valence-electron chi connectivity index (χ3n) is 2.47. The summed E-state index contributed by atoms with van der Waals surface area (Å²) in [4.78, 5) is 4.55. The molecule has 0 aromatic carbocycles. The summed E-state index contributed by atoms with van der Waals surface area (Å²) in [6.07, 6.45) is 0.0919. The second kappa shape index (κ2) is 8.19. The van der Waals surface area contributed by atoms with E-state index in [0.29, 0.717) is 19.3 Å². The van der Waals surface area contributed by atoms with Gasteiger partial charge in [0, 0.05) is 19.7 Å². The van der Waals surface area contributed by atoms with Crippen molar-refractivity contribution < 1.29 is 9.47 Å². The molecule has 0 amide bonds. The van der Waals surface area contributed by atoms with E-state index in [1.807, 2.05) is 25.1 Å². The molecule has 102 valence electrons. The lowest BCUT2D eigenvalue weighted by atomic mass is 10.3. The molecule has 4 nitrogen and oxygen atoms in total. The fourth-order valence-electron chi connectivity index (χ4n) is 1.53. The zero-order valence-electron chi connectivity index (χ0n) is 11.8. The average Bonchev–Trinajstić information content (AvgIpc) is 2.35. The van der Waals surface area contributed by atoms with Crippen molar-refractivity contribution in [3.63, 3.8) is 0 Å². The molecular formula is C14H24N2O2. The molecule has 0 aliphatic rings. The van der Waals surface area contributed by atoms with Gasteiger partial charge in [0.05, 0.1) is 30.7 Å². The molecule has 0 spiro atoms. The predicted octanol–water partition coefficient (Wildman–Crippen LogP) is 2.13. The van der Waals surface area contributed by atoms with E-state index < -0.39 is 0 Å². The molecule has 0 aliphatic carbocycles. The number of nitrogens with zero attached hydrogens (tertiary/aromatic N) is 1. The van der Waals surface area contributed by atoms with Crippen molar-refractivity contribution in [3.8, 4) is 0 Å². The van der Waals surface area contributed by atoms with E-state index in [0.717, 1.165) is 17.9 Å². The summed E-state index contributed by atoms with van der Waals surface area (Å²) < 4.78 is 10.7. The Morgan fingerprint density at radius 2 is 1.94 bits per heavy atom. The maximum atomic E-state index is 5.64. The van der Waals surface area contributed by atoms with Gasteiger partial charge in [-0.05, 0) is 19.1 Å². The molecule has 18 heavy (non-hydrogen) atoms. The van der Waals surface area contributed by atoms with Crippen molar-refractivity contribution in [2.45, 2.75) is 46.1 Å². The van der Waals surface area contributed by atoms with Gasteiger partial charge < -0.3 is 14.8 Å². The molecule has 1 aromatic heterocycles. The monoisotopic (exact) mass is 252 g/mol. The highest BCUT2D eigenvalue weighted by molar-refractivity contribution is 5.10. The Balaban J connectivity index is 2.43. The number of rotatable bonds is 8. The van der Waals surface area contributed by atoms with Crippen LogP contribution in [0.5, 0.6) is 0 Å². The highest BCUT2D eigenvalue weighted by Crippen LogP contribution is 2.04. The van der Waals surface area contributed by atoms with Crippen molar-refractivity contribution in [2.24, 2.45) is 0 Å². The van der Waals surface area contributed by atoms with Crippen LogP contribution in [-0.4, -0.2) is 30.8 Å². The molecule has 0 saturated heterocycles. The first-order valence-corrected chi connectivity index (χ1v) is 6.40. The highest BCUT2D eigenvalue weighted by Gasteiger charge is 2.04. The van der Waals surface area contributed by atoms with E-state index in [4.69, 9.17) is 9.47 Å². The first-order valence-electron chi connectivity index (χ1n) is 6.40. The number of ether oxygens (including phenoxy) is 2. The van der Waals surface area contributed by atoms with Crippen molar-refractivity contribution in [1.82, 2.24) is 10.3 Å². The number of pyridine rings is 1. The van der Waals surface area contributed by atoms with Crippen molar-refractivity contribution in [3.05, 3.63) is 29.6 Å². The molecule has 0 fully saturated rings. The summed E-state index contributed by atoms with van der Waals surface area (Å²) in [6, 6.07) is 6.49. The Morgan fingerprint density at radius 1 is 1.22 bits per heavy atom. The van der Waals surface area contributed by atoms with Crippen molar-refractivity contribution >= 4 is 0 Å². The van der Waals surface area contributed by atoms with Crippen LogP contribution in [0.1, 0.15) is 32.2 Å². The first-order chi connectivity index (χ1) is 8.61. The van der Waals surface area contributed by atoms with Crippen molar-refractivity contribution in [2.75, 3.05) is 13.7 Å². The summed E-state index contributed by atoms with van der Waals surface area (Å²) in [7, 11) is 1.68. The van der Waals surface area contributed by atoms with E-state index in [9.17, 15) is 0 Å². The number of hydrogen-bond donors (Lipinski definition) is 1. The van der Waals surface area contributed by atoms with E-state index in [1.54, 1.807) is 7.11 Å². The number of aromatic nitrogens is 1. The topological polar surface area (TPSA) is 43.4 Å². The fourth-order valence-corrected chi connectivity index (χ4v) is 1.53. The maximum absolute atomic E-state index is 5.64. The van der Waals surface area contributed by atoms with Crippen LogP contribution in [0.4, 0.5) is 0 Å². The molecule has 1 atom stereocenters. The Bertz CT molecular complexity index is 342. The van der Waals surface area contributed by atoms with Crippen LogP contribution in [0.2, 0.25) is 0 Å². The second-order valence-corrected chi connectivity index (χ2v) is 4.73. The largest absolute Gasteiger partial charge is 0.382 e. The quantitative estimate of drug-likeness (QED) is 0.769. The van der Waals surface area contributed by atoms with Crippen LogP contribution >= 0.6 is 0 Å². The molecule has 1 heterocycles. The van der Waals surface area contributed by atoms with Crippen LogP contribution in [0.3, 0.4) is 0 Å². The Hall–Kier alpha value is -0.970. The minimum absolute atomic E-state index is 0.0919. The van der Waals surface area contributed by atoms with Crippen LogP contribution in [0, 0.1) is 0 Å².